The number of hydrogen-bond acceptors (Lipinski definition) is 4. The fourth-order valence-corrected chi connectivity index (χ4v) is 7.16. The van der Waals surface area contributed by atoms with Crippen LogP contribution >= 0.6 is 23.5 Å². The largest absolute Gasteiger partial charge is 0.289 e. The van der Waals surface area contributed by atoms with Crippen molar-refractivity contribution >= 4 is 35.1 Å². The van der Waals surface area contributed by atoms with Crippen LogP contribution in [-0.2, 0) is 12.8 Å². The Morgan fingerprint density at radius 3 is 1.27 bits per heavy atom. The number of fused-ring (bicyclic) bond motifs is 2. The third kappa shape index (κ3) is 6.45. The van der Waals surface area contributed by atoms with Gasteiger partial charge in [0, 0.05) is 41.8 Å². The minimum absolute atomic E-state index is 0.0717. The summed E-state index contributed by atoms with van der Waals surface area (Å²) in [5.41, 5.74) is 4.72. The van der Waals surface area contributed by atoms with E-state index in [9.17, 15) is 9.59 Å². The molecule has 0 amide bonds. The van der Waals surface area contributed by atoms with Crippen molar-refractivity contribution in [3.63, 3.8) is 0 Å². The van der Waals surface area contributed by atoms with Crippen LogP contribution in [0.1, 0.15) is 95.3 Å². The van der Waals surface area contributed by atoms with Crippen LogP contribution in [0.3, 0.4) is 0 Å². The Morgan fingerprint density at radius 2 is 0.900 bits per heavy atom. The molecule has 4 heteroatoms. The van der Waals surface area contributed by atoms with E-state index >= 15 is 0 Å². The van der Waals surface area contributed by atoms with Crippen molar-refractivity contribution in [3.8, 4) is 0 Å². The van der Waals surface area contributed by atoms with Crippen molar-refractivity contribution < 1.29 is 9.59 Å². The summed E-state index contributed by atoms with van der Waals surface area (Å²) in [7, 11) is 0. The highest BCUT2D eigenvalue weighted by Crippen LogP contribution is 2.41. The molecule has 0 spiro atoms. The maximum atomic E-state index is 13.9. The first-order valence-corrected chi connectivity index (χ1v) is 16.1. The summed E-state index contributed by atoms with van der Waals surface area (Å²) in [6.45, 7) is 4.44. The highest BCUT2D eigenvalue weighted by molar-refractivity contribution is 7.99. The monoisotopic (exact) mass is 564 g/mol. The Labute approximate surface area is 247 Å². The molecule has 0 saturated heterocycles. The van der Waals surface area contributed by atoms with Crippen LogP contribution in [-0.4, -0.2) is 11.6 Å². The number of unbranched alkanes of at least 4 members (excludes halogenated alkanes) is 4. The molecule has 4 aromatic rings. The lowest BCUT2D eigenvalue weighted by atomic mass is 9.84. The van der Waals surface area contributed by atoms with Crippen molar-refractivity contribution in [3.05, 3.63) is 118 Å². The van der Waals surface area contributed by atoms with Crippen LogP contribution in [0.4, 0.5) is 0 Å². The van der Waals surface area contributed by atoms with Gasteiger partial charge in [-0.3, -0.25) is 9.59 Å². The average Bonchev–Trinajstić information content (AvgIpc) is 2.98. The van der Waals surface area contributed by atoms with Gasteiger partial charge in [-0.15, -0.1) is 0 Å². The lowest BCUT2D eigenvalue weighted by Crippen LogP contribution is -2.22. The summed E-state index contributed by atoms with van der Waals surface area (Å²) < 4.78 is 0. The van der Waals surface area contributed by atoms with Crippen molar-refractivity contribution in [2.24, 2.45) is 0 Å². The van der Waals surface area contributed by atoms with Gasteiger partial charge in [0.15, 0.2) is 11.6 Å². The van der Waals surface area contributed by atoms with Gasteiger partial charge in [-0.1, -0.05) is 112 Å². The molecule has 0 unspecified atom stereocenters. The second-order valence-electron chi connectivity index (χ2n) is 10.4. The standard InChI is InChI=1S/C36H36O2S2/c1-3-5-7-11-25-17-21-27(22-18-25)39-31-15-9-13-29-33(31)35(37)30-14-10-16-32(34(30)36(29)38)40-28-23-19-26(20-24-28)12-8-6-4-2/h9-10,13-24H,3-8,11-12H2,1-2H3. The molecule has 5 rings (SSSR count). The Bertz CT molecular complexity index is 1370. The molecule has 0 atom stereocenters. The molecule has 0 heterocycles. The molecule has 4 aromatic carbocycles. The fraction of sp³-hybridized carbons (Fsp3) is 0.278. The van der Waals surface area contributed by atoms with Crippen molar-refractivity contribution in [2.75, 3.05) is 0 Å². The van der Waals surface area contributed by atoms with Crippen molar-refractivity contribution in [1.29, 1.82) is 0 Å². The first-order chi connectivity index (χ1) is 19.6. The minimum atomic E-state index is -0.0717. The highest BCUT2D eigenvalue weighted by Gasteiger charge is 2.33. The fourth-order valence-electron chi connectivity index (χ4n) is 5.21. The van der Waals surface area contributed by atoms with Crippen molar-refractivity contribution in [2.45, 2.75) is 84.8 Å². The minimum Gasteiger partial charge on any atom is -0.289 e. The summed E-state index contributed by atoms with van der Waals surface area (Å²) in [5.74, 6) is -0.143. The SMILES string of the molecule is CCCCCc1ccc(Sc2cccc3c2C(=O)c2cccc(Sc4ccc(CCCCC)cc4)c2C3=O)cc1. The molecule has 40 heavy (non-hydrogen) atoms. The van der Waals surface area contributed by atoms with E-state index in [-0.39, 0.29) is 11.6 Å². The smallest absolute Gasteiger partial charge is 0.195 e. The predicted molar refractivity (Wildman–Crippen MR) is 167 cm³/mol. The Hall–Kier alpha value is -3.08. The average molecular weight is 565 g/mol. The van der Waals surface area contributed by atoms with Crippen LogP contribution in [0.5, 0.6) is 0 Å². The van der Waals surface area contributed by atoms with Gasteiger partial charge >= 0.3 is 0 Å². The topological polar surface area (TPSA) is 34.1 Å². The molecular weight excluding hydrogens is 529 g/mol. The highest BCUT2D eigenvalue weighted by atomic mass is 32.2. The van der Waals surface area contributed by atoms with Gasteiger partial charge in [0.2, 0.25) is 0 Å². The molecule has 0 saturated carbocycles. The van der Waals surface area contributed by atoms with E-state index < -0.39 is 0 Å². The van der Waals surface area contributed by atoms with Crippen molar-refractivity contribution in [1.82, 2.24) is 0 Å². The van der Waals surface area contributed by atoms with Gasteiger partial charge in [-0.25, -0.2) is 0 Å². The van der Waals surface area contributed by atoms with Crippen LogP contribution in [0.2, 0.25) is 0 Å². The third-order valence-corrected chi connectivity index (χ3v) is 9.57. The molecule has 1 aliphatic rings. The molecule has 0 aromatic heterocycles. The van der Waals surface area contributed by atoms with Crippen LogP contribution in [0, 0.1) is 0 Å². The number of ketones is 2. The van der Waals surface area contributed by atoms with Gasteiger partial charge < -0.3 is 0 Å². The summed E-state index contributed by atoms with van der Waals surface area (Å²) in [6.07, 6.45) is 9.52. The van der Waals surface area contributed by atoms with Gasteiger partial charge in [0.1, 0.15) is 0 Å². The number of benzene rings is 4. The second-order valence-corrected chi connectivity index (χ2v) is 12.7. The first kappa shape index (κ1) is 28.4. The number of aryl methyl sites for hydroxylation is 2. The molecule has 0 aliphatic heterocycles. The van der Waals surface area contributed by atoms with E-state index in [1.165, 1.54) is 49.7 Å². The Balaban J connectivity index is 1.37. The summed E-state index contributed by atoms with van der Waals surface area (Å²) in [6, 6.07) is 28.5. The third-order valence-electron chi connectivity index (χ3n) is 7.44. The van der Waals surface area contributed by atoms with Crippen LogP contribution < -0.4 is 0 Å². The first-order valence-electron chi connectivity index (χ1n) is 14.5. The van der Waals surface area contributed by atoms with E-state index in [0.29, 0.717) is 22.3 Å². The Kier molecular flexibility index (Phi) is 9.62. The maximum absolute atomic E-state index is 13.9. The maximum Gasteiger partial charge on any atom is 0.195 e. The number of carbonyl (C=O) groups excluding carboxylic acids is 2. The lowest BCUT2D eigenvalue weighted by Gasteiger charge is -2.22. The van der Waals surface area contributed by atoms with E-state index in [2.05, 4.69) is 62.4 Å². The molecule has 0 bridgehead atoms. The molecule has 204 valence electrons. The van der Waals surface area contributed by atoms with Gasteiger partial charge in [-0.2, -0.15) is 0 Å². The molecule has 0 N–H and O–H groups in total. The number of carbonyl (C=O) groups is 2. The number of hydrogen-bond donors (Lipinski definition) is 0. The van der Waals surface area contributed by atoms with E-state index in [1.54, 1.807) is 35.7 Å². The zero-order chi connectivity index (χ0) is 27.9. The zero-order valence-corrected chi connectivity index (χ0v) is 25.0. The van der Waals surface area contributed by atoms with E-state index in [0.717, 1.165) is 32.4 Å². The normalized spacial score (nSPS) is 12.3. The zero-order valence-electron chi connectivity index (χ0n) is 23.4. The molecule has 2 nitrogen and oxygen atoms in total. The van der Waals surface area contributed by atoms with Gasteiger partial charge in [-0.05, 0) is 73.2 Å². The Morgan fingerprint density at radius 1 is 0.500 bits per heavy atom. The van der Waals surface area contributed by atoms with Gasteiger partial charge in [0.05, 0.1) is 0 Å². The predicted octanol–water partition coefficient (Wildman–Crippen LogP) is 10.2. The quantitative estimate of drug-likeness (QED) is 0.141. The van der Waals surface area contributed by atoms with Gasteiger partial charge in [0.25, 0.3) is 0 Å². The summed E-state index contributed by atoms with van der Waals surface area (Å²) in [5, 5.41) is 0. The molecule has 1 aliphatic carbocycles. The molecule has 0 radical (unpaired) electrons. The summed E-state index contributed by atoms with van der Waals surface area (Å²) in [4.78, 5) is 31.5. The second kappa shape index (κ2) is 13.5. The molecular formula is C36H36O2S2. The van der Waals surface area contributed by atoms with Crippen LogP contribution in [0.15, 0.2) is 105 Å². The number of rotatable bonds is 12. The summed E-state index contributed by atoms with van der Waals surface area (Å²) >= 11 is 3.11. The van der Waals surface area contributed by atoms with E-state index in [1.807, 2.05) is 24.3 Å². The van der Waals surface area contributed by atoms with E-state index in [4.69, 9.17) is 0 Å². The lowest BCUT2D eigenvalue weighted by molar-refractivity contribution is 0.0974. The van der Waals surface area contributed by atoms with Crippen LogP contribution in [0.25, 0.3) is 0 Å². The molecule has 0 fully saturated rings.